The molecular formula is C10H12O6. The molecule has 0 amide bonds. The second-order valence-corrected chi connectivity index (χ2v) is 2.85. The molecule has 0 aliphatic carbocycles. The number of carboxylic acid groups (broad SMARTS) is 1. The predicted molar refractivity (Wildman–Crippen MR) is 53.2 cm³/mol. The zero-order valence-corrected chi connectivity index (χ0v) is 8.76. The van der Waals surface area contributed by atoms with Crippen LogP contribution in [0.4, 0.5) is 0 Å². The Balaban J connectivity index is 4.48. The van der Waals surface area contributed by atoms with Crippen molar-refractivity contribution in [1.82, 2.24) is 0 Å². The molecule has 6 nitrogen and oxygen atoms in total. The normalized spacial score (nSPS) is 11.1. The molecule has 6 heteroatoms. The van der Waals surface area contributed by atoms with Crippen molar-refractivity contribution in [3.05, 3.63) is 24.8 Å². The van der Waals surface area contributed by atoms with Crippen molar-refractivity contribution in [2.24, 2.45) is 0 Å². The van der Waals surface area contributed by atoms with Crippen LogP contribution in [-0.4, -0.2) is 29.3 Å². The van der Waals surface area contributed by atoms with E-state index in [0.29, 0.717) is 0 Å². The molecule has 0 rings (SSSR count). The predicted octanol–water partition coefficient (Wildman–Crippen LogP) is 0.636. The minimum atomic E-state index is -1.48. The van der Waals surface area contributed by atoms with Gasteiger partial charge in [0.15, 0.2) is 0 Å². The molecule has 1 atom stereocenters. The molecule has 0 aromatic carbocycles. The third kappa shape index (κ3) is 5.58. The number of hydrogen-bond acceptors (Lipinski definition) is 5. The summed E-state index contributed by atoms with van der Waals surface area (Å²) in [7, 11) is 0. The van der Waals surface area contributed by atoms with E-state index >= 15 is 0 Å². The molecule has 0 fully saturated rings. The summed E-state index contributed by atoms with van der Waals surface area (Å²) in [5, 5.41) is 8.49. The van der Waals surface area contributed by atoms with Gasteiger partial charge in [-0.3, -0.25) is 4.79 Å². The van der Waals surface area contributed by atoms with Crippen LogP contribution in [0.1, 0.15) is 13.3 Å². The first kappa shape index (κ1) is 13.9. The summed E-state index contributed by atoms with van der Waals surface area (Å²) in [5.41, 5.74) is 0.0741. The molecule has 0 radical (unpaired) electrons. The van der Waals surface area contributed by atoms with E-state index in [2.05, 4.69) is 22.6 Å². The highest BCUT2D eigenvalue weighted by Crippen LogP contribution is 2.05. The summed E-state index contributed by atoms with van der Waals surface area (Å²) < 4.78 is 9.09. The van der Waals surface area contributed by atoms with Gasteiger partial charge in [0, 0.05) is 11.6 Å². The lowest BCUT2D eigenvalue weighted by Gasteiger charge is -2.15. The van der Waals surface area contributed by atoms with Crippen molar-refractivity contribution in [2.75, 3.05) is 0 Å². The molecule has 88 valence electrons. The molecule has 0 aliphatic heterocycles. The first-order chi connectivity index (χ1) is 7.36. The maximum atomic E-state index is 11.1. The van der Waals surface area contributed by atoms with Gasteiger partial charge >= 0.3 is 17.9 Å². The van der Waals surface area contributed by atoms with Gasteiger partial charge in [0.1, 0.15) is 6.42 Å². The van der Waals surface area contributed by atoms with Crippen LogP contribution in [-0.2, 0) is 23.9 Å². The van der Waals surface area contributed by atoms with Gasteiger partial charge in [-0.15, -0.1) is 0 Å². The van der Waals surface area contributed by atoms with Gasteiger partial charge in [-0.25, -0.2) is 9.59 Å². The number of carboxylic acids is 1. The van der Waals surface area contributed by atoms with E-state index in [1.165, 1.54) is 6.92 Å². The molecule has 0 heterocycles. The van der Waals surface area contributed by atoms with Crippen molar-refractivity contribution in [1.29, 1.82) is 0 Å². The van der Waals surface area contributed by atoms with E-state index in [4.69, 9.17) is 5.11 Å². The number of aliphatic carboxylic acids is 1. The Morgan fingerprint density at radius 1 is 1.38 bits per heavy atom. The first-order valence-electron chi connectivity index (χ1n) is 4.28. The minimum absolute atomic E-state index is 0.0741. The third-order valence-electron chi connectivity index (χ3n) is 1.34. The fraction of sp³-hybridized carbons (Fsp3) is 0.300. The van der Waals surface area contributed by atoms with Gasteiger partial charge in [0.2, 0.25) is 0 Å². The number of esters is 2. The van der Waals surface area contributed by atoms with Gasteiger partial charge in [-0.05, 0) is 6.92 Å². The van der Waals surface area contributed by atoms with Crippen LogP contribution >= 0.6 is 0 Å². The van der Waals surface area contributed by atoms with Gasteiger partial charge in [0.05, 0.1) is 0 Å². The molecule has 1 N–H and O–H groups in total. The van der Waals surface area contributed by atoms with Crippen LogP contribution in [0.5, 0.6) is 0 Å². The van der Waals surface area contributed by atoms with E-state index in [1.807, 2.05) is 0 Å². The Kier molecular flexibility index (Phi) is 5.55. The molecule has 0 spiro atoms. The minimum Gasteiger partial charge on any atom is -0.481 e. The first-order valence-corrected chi connectivity index (χ1v) is 4.28. The van der Waals surface area contributed by atoms with E-state index < -0.39 is 30.6 Å². The molecule has 0 aromatic heterocycles. The quantitative estimate of drug-likeness (QED) is 0.407. The SMILES string of the molecule is C=CC(=O)OC(CC(=O)O)OC(=O)C(=C)C. The monoisotopic (exact) mass is 228 g/mol. The lowest BCUT2D eigenvalue weighted by atomic mass is 10.3. The summed E-state index contributed by atoms with van der Waals surface area (Å²) in [6.07, 6.45) is -1.28. The number of ether oxygens (including phenoxy) is 2. The van der Waals surface area contributed by atoms with Crippen LogP contribution in [0.2, 0.25) is 0 Å². The molecule has 0 bridgehead atoms. The highest BCUT2D eigenvalue weighted by molar-refractivity contribution is 5.87. The highest BCUT2D eigenvalue weighted by atomic mass is 16.7. The number of hydrogen-bond donors (Lipinski definition) is 1. The Morgan fingerprint density at radius 3 is 2.31 bits per heavy atom. The molecule has 0 aromatic rings. The van der Waals surface area contributed by atoms with Crippen molar-refractivity contribution >= 4 is 17.9 Å². The van der Waals surface area contributed by atoms with E-state index in [0.717, 1.165) is 6.08 Å². The van der Waals surface area contributed by atoms with Crippen LogP contribution < -0.4 is 0 Å². The molecule has 0 aliphatic rings. The average molecular weight is 228 g/mol. The van der Waals surface area contributed by atoms with Gasteiger partial charge < -0.3 is 14.6 Å². The number of carbonyl (C=O) groups excluding carboxylic acids is 2. The Labute approximate surface area is 92.2 Å². The van der Waals surface area contributed by atoms with Crippen LogP contribution in [0, 0.1) is 0 Å². The Bertz CT molecular complexity index is 330. The zero-order chi connectivity index (χ0) is 12.7. The van der Waals surface area contributed by atoms with E-state index in [-0.39, 0.29) is 5.57 Å². The zero-order valence-electron chi connectivity index (χ0n) is 8.76. The highest BCUT2D eigenvalue weighted by Gasteiger charge is 2.21. The topological polar surface area (TPSA) is 89.9 Å². The lowest BCUT2D eigenvalue weighted by Crippen LogP contribution is -2.26. The van der Waals surface area contributed by atoms with Gasteiger partial charge in [-0.1, -0.05) is 13.2 Å². The molecule has 1 unspecified atom stereocenters. The maximum Gasteiger partial charge on any atom is 0.336 e. The van der Waals surface area contributed by atoms with E-state index in [1.54, 1.807) is 0 Å². The summed E-state index contributed by atoms with van der Waals surface area (Å²) in [5.74, 6) is -2.97. The van der Waals surface area contributed by atoms with Crippen molar-refractivity contribution in [3.63, 3.8) is 0 Å². The van der Waals surface area contributed by atoms with Crippen LogP contribution in [0.15, 0.2) is 24.8 Å². The smallest absolute Gasteiger partial charge is 0.336 e. The average Bonchev–Trinajstić information content (AvgIpc) is 2.16. The Hall–Kier alpha value is -2.11. The van der Waals surface area contributed by atoms with Gasteiger partial charge in [-0.2, -0.15) is 0 Å². The lowest BCUT2D eigenvalue weighted by molar-refractivity contribution is -0.185. The number of carbonyl (C=O) groups is 3. The van der Waals surface area contributed by atoms with Crippen LogP contribution in [0.3, 0.4) is 0 Å². The fourth-order valence-corrected chi connectivity index (χ4v) is 0.648. The Morgan fingerprint density at radius 2 is 1.94 bits per heavy atom. The third-order valence-corrected chi connectivity index (χ3v) is 1.34. The molecule has 16 heavy (non-hydrogen) atoms. The summed E-state index contributed by atoms with van der Waals surface area (Å²) in [6, 6.07) is 0. The van der Waals surface area contributed by atoms with Crippen molar-refractivity contribution in [3.8, 4) is 0 Å². The van der Waals surface area contributed by atoms with Crippen LogP contribution in [0.25, 0.3) is 0 Å². The van der Waals surface area contributed by atoms with E-state index in [9.17, 15) is 14.4 Å². The fourth-order valence-electron chi connectivity index (χ4n) is 0.648. The largest absolute Gasteiger partial charge is 0.481 e. The van der Waals surface area contributed by atoms with Gasteiger partial charge in [0.25, 0.3) is 6.29 Å². The standard InChI is InChI=1S/C10H12O6/c1-4-8(13)15-9(5-7(11)12)16-10(14)6(2)3/h4,9H,1-2,5H2,3H3,(H,11,12). The van der Waals surface area contributed by atoms with Crippen molar-refractivity contribution < 1.29 is 29.0 Å². The summed E-state index contributed by atoms with van der Waals surface area (Å²) in [4.78, 5) is 32.3. The summed E-state index contributed by atoms with van der Waals surface area (Å²) >= 11 is 0. The molecule has 0 saturated carbocycles. The maximum absolute atomic E-state index is 11.1. The summed E-state index contributed by atoms with van der Waals surface area (Å²) in [6.45, 7) is 7.82. The molecule has 0 saturated heterocycles. The van der Waals surface area contributed by atoms with Crippen molar-refractivity contribution in [2.45, 2.75) is 19.6 Å². The second-order valence-electron chi connectivity index (χ2n) is 2.85. The molecular weight excluding hydrogens is 216 g/mol. The number of rotatable bonds is 6. The second kappa shape index (κ2) is 6.39.